The van der Waals surface area contributed by atoms with Crippen LogP contribution in [-0.4, -0.2) is 24.7 Å². The zero-order valence-corrected chi connectivity index (χ0v) is 17.4. The van der Waals surface area contributed by atoms with E-state index in [1.165, 1.54) is 24.8 Å². The number of aliphatic hydroxyl groups excluding tert-OH is 1. The Morgan fingerprint density at radius 1 is 1.26 bits per heavy atom. The van der Waals surface area contributed by atoms with Crippen LogP contribution in [0.4, 0.5) is 5.69 Å². The number of hydrogen-bond donors (Lipinski definition) is 3. The van der Waals surface area contributed by atoms with E-state index in [1.807, 2.05) is 24.3 Å². The first-order chi connectivity index (χ1) is 12.1. The van der Waals surface area contributed by atoms with Crippen LogP contribution in [0.15, 0.2) is 36.4 Å². The van der Waals surface area contributed by atoms with E-state index in [1.54, 1.807) is 0 Å². The van der Waals surface area contributed by atoms with Gasteiger partial charge in [0.1, 0.15) is 5.75 Å². The van der Waals surface area contributed by atoms with Crippen LogP contribution in [0.3, 0.4) is 0 Å². The number of aliphatic hydroxyl groups is 1. The Morgan fingerprint density at radius 3 is 2.37 bits per heavy atom. The van der Waals surface area contributed by atoms with Crippen molar-refractivity contribution in [1.29, 1.82) is 0 Å². The van der Waals surface area contributed by atoms with Crippen LogP contribution < -0.4 is 15.8 Å². The number of nitrogens with one attached hydrogen (secondary N) is 1. The maximum atomic E-state index is 12.4. The van der Waals surface area contributed by atoms with Gasteiger partial charge in [0, 0.05) is 12.6 Å². The van der Waals surface area contributed by atoms with Crippen molar-refractivity contribution in [3.8, 4) is 5.75 Å². The van der Waals surface area contributed by atoms with Crippen molar-refractivity contribution in [2.45, 2.75) is 32.3 Å². The van der Waals surface area contributed by atoms with Gasteiger partial charge in [0.25, 0.3) is 5.91 Å². The second-order valence-electron chi connectivity index (χ2n) is 7.17. The van der Waals surface area contributed by atoms with Gasteiger partial charge in [-0.25, -0.2) is 0 Å². The first-order valence-electron chi connectivity index (χ1n) is 8.33. The van der Waals surface area contributed by atoms with E-state index in [2.05, 4.69) is 26.1 Å². The summed E-state index contributed by atoms with van der Waals surface area (Å²) in [5.74, 6) is -0.0671. The third kappa shape index (κ3) is 5.76. The van der Waals surface area contributed by atoms with Gasteiger partial charge in [-0.15, -0.1) is 12.4 Å². The van der Waals surface area contributed by atoms with Crippen molar-refractivity contribution < 1.29 is 14.6 Å². The summed E-state index contributed by atoms with van der Waals surface area (Å²) in [6.07, 6.45) is -0.816. The molecule has 2 aromatic rings. The van der Waals surface area contributed by atoms with E-state index in [-0.39, 0.29) is 35.0 Å². The Morgan fingerprint density at radius 2 is 1.85 bits per heavy atom. The van der Waals surface area contributed by atoms with Gasteiger partial charge in [0.05, 0.1) is 29.5 Å². The van der Waals surface area contributed by atoms with Gasteiger partial charge < -0.3 is 20.9 Å². The lowest BCUT2D eigenvalue weighted by molar-refractivity contribution is 0.0913. The molecule has 1 unspecified atom stereocenters. The molecule has 7 heteroatoms. The topological polar surface area (TPSA) is 84.6 Å². The molecule has 0 radical (unpaired) electrons. The van der Waals surface area contributed by atoms with Gasteiger partial charge in [0.2, 0.25) is 0 Å². The van der Waals surface area contributed by atoms with Crippen molar-refractivity contribution in [2.75, 3.05) is 19.4 Å². The lowest BCUT2D eigenvalue weighted by Crippen LogP contribution is -2.28. The fraction of sp³-hybridized carbons (Fsp3) is 0.350. The lowest BCUT2D eigenvalue weighted by Gasteiger charge is -2.20. The standard InChI is InChI=1S/C20H25ClN2O3.ClH/c1-20(2,3)13-7-5-12(6-8-13)17(24)11-23-19(25)14-9-15(21)16(22)10-18(14)26-4;/h5-10,17,24H,11,22H2,1-4H3,(H,23,25);1H. The van der Waals surface area contributed by atoms with Gasteiger partial charge in [-0.2, -0.15) is 0 Å². The highest BCUT2D eigenvalue weighted by atomic mass is 35.5. The highest BCUT2D eigenvalue weighted by molar-refractivity contribution is 6.33. The molecule has 4 N–H and O–H groups in total. The number of benzene rings is 2. The van der Waals surface area contributed by atoms with Crippen molar-refractivity contribution >= 4 is 35.6 Å². The average molecular weight is 413 g/mol. The molecule has 0 saturated carbocycles. The quantitative estimate of drug-likeness (QED) is 0.644. The molecule has 1 atom stereocenters. The average Bonchev–Trinajstić information content (AvgIpc) is 2.60. The maximum absolute atomic E-state index is 12.4. The molecule has 1 amide bonds. The highest BCUT2D eigenvalue weighted by Crippen LogP contribution is 2.29. The van der Waals surface area contributed by atoms with Gasteiger partial charge in [-0.1, -0.05) is 56.6 Å². The molecule has 0 fully saturated rings. The molecule has 0 aromatic heterocycles. The number of nitrogen functional groups attached to an aromatic ring is 1. The number of nitrogens with two attached hydrogens (primary N) is 1. The summed E-state index contributed by atoms with van der Waals surface area (Å²) in [6.45, 7) is 6.45. The molecule has 0 saturated heterocycles. The van der Waals surface area contributed by atoms with Gasteiger partial charge in [0.15, 0.2) is 0 Å². The SMILES string of the molecule is COc1cc(N)c(Cl)cc1C(=O)NCC(O)c1ccc(C(C)(C)C)cc1.Cl. The number of carbonyl (C=O) groups excluding carboxylic acids is 1. The van der Waals surface area contributed by atoms with E-state index >= 15 is 0 Å². The number of anilines is 1. The van der Waals surface area contributed by atoms with E-state index in [0.29, 0.717) is 11.4 Å². The Balaban J connectivity index is 0.00000364. The van der Waals surface area contributed by atoms with Gasteiger partial charge >= 0.3 is 0 Å². The predicted octanol–water partition coefficient (Wildman–Crippen LogP) is 4.11. The zero-order valence-electron chi connectivity index (χ0n) is 15.9. The number of carbonyl (C=O) groups is 1. The second-order valence-corrected chi connectivity index (χ2v) is 7.58. The normalized spacial score (nSPS) is 12.1. The first-order valence-corrected chi connectivity index (χ1v) is 8.71. The molecular formula is C20H26Cl2N2O3. The van der Waals surface area contributed by atoms with E-state index in [9.17, 15) is 9.90 Å². The molecule has 27 heavy (non-hydrogen) atoms. The van der Waals surface area contributed by atoms with Gasteiger partial charge in [-0.05, 0) is 22.6 Å². The smallest absolute Gasteiger partial charge is 0.255 e. The number of halogens is 2. The summed E-state index contributed by atoms with van der Waals surface area (Å²) in [6, 6.07) is 10.7. The number of amides is 1. The predicted molar refractivity (Wildman–Crippen MR) is 112 cm³/mol. The van der Waals surface area contributed by atoms with Crippen LogP contribution in [0.1, 0.15) is 48.4 Å². The minimum Gasteiger partial charge on any atom is -0.496 e. The highest BCUT2D eigenvalue weighted by Gasteiger charge is 2.18. The molecular weight excluding hydrogens is 387 g/mol. The number of ether oxygens (including phenoxy) is 1. The largest absolute Gasteiger partial charge is 0.496 e. The molecule has 0 heterocycles. The third-order valence-electron chi connectivity index (χ3n) is 4.18. The van der Waals surface area contributed by atoms with Crippen LogP contribution in [0.2, 0.25) is 5.02 Å². The molecule has 0 aliphatic rings. The van der Waals surface area contributed by atoms with E-state index in [0.717, 1.165) is 5.56 Å². The van der Waals surface area contributed by atoms with Crippen LogP contribution in [0.5, 0.6) is 5.75 Å². The molecule has 0 bridgehead atoms. The van der Waals surface area contributed by atoms with Crippen LogP contribution in [0.25, 0.3) is 0 Å². The molecule has 0 aliphatic carbocycles. The van der Waals surface area contributed by atoms with E-state index in [4.69, 9.17) is 22.1 Å². The Bertz CT molecular complexity index is 787. The third-order valence-corrected chi connectivity index (χ3v) is 4.51. The minimum atomic E-state index is -0.816. The summed E-state index contributed by atoms with van der Waals surface area (Å²) in [4.78, 5) is 12.4. The fourth-order valence-electron chi connectivity index (χ4n) is 2.52. The van der Waals surface area contributed by atoms with Crippen molar-refractivity contribution in [3.05, 3.63) is 58.1 Å². The Kier molecular flexibility index (Phi) is 7.96. The summed E-state index contributed by atoms with van der Waals surface area (Å²) < 4.78 is 5.18. The fourth-order valence-corrected chi connectivity index (χ4v) is 2.69. The monoisotopic (exact) mass is 412 g/mol. The molecule has 148 valence electrons. The number of hydrogen-bond acceptors (Lipinski definition) is 4. The molecule has 5 nitrogen and oxygen atoms in total. The number of methoxy groups -OCH3 is 1. The molecule has 2 rings (SSSR count). The molecule has 0 aliphatic heterocycles. The van der Waals surface area contributed by atoms with Crippen molar-refractivity contribution in [3.63, 3.8) is 0 Å². The zero-order chi connectivity index (χ0) is 19.5. The van der Waals surface area contributed by atoms with Crippen LogP contribution >= 0.6 is 24.0 Å². The second kappa shape index (κ2) is 9.31. The Labute approximate surface area is 171 Å². The summed E-state index contributed by atoms with van der Waals surface area (Å²) in [7, 11) is 1.45. The molecule has 0 spiro atoms. The molecule has 2 aromatic carbocycles. The maximum Gasteiger partial charge on any atom is 0.255 e. The van der Waals surface area contributed by atoms with Crippen LogP contribution in [-0.2, 0) is 5.41 Å². The summed E-state index contributed by atoms with van der Waals surface area (Å²) in [5, 5.41) is 13.3. The van der Waals surface area contributed by atoms with E-state index < -0.39 is 12.0 Å². The van der Waals surface area contributed by atoms with Gasteiger partial charge in [-0.3, -0.25) is 4.79 Å². The first kappa shape index (κ1) is 23.1. The summed E-state index contributed by atoms with van der Waals surface area (Å²) >= 11 is 5.99. The Hall–Kier alpha value is -1.95. The lowest BCUT2D eigenvalue weighted by atomic mass is 9.86. The minimum absolute atomic E-state index is 0. The summed E-state index contributed by atoms with van der Waals surface area (Å²) in [5.41, 5.74) is 8.28. The van der Waals surface area contributed by atoms with Crippen molar-refractivity contribution in [1.82, 2.24) is 5.32 Å². The van der Waals surface area contributed by atoms with Crippen LogP contribution in [0, 0.1) is 0 Å². The van der Waals surface area contributed by atoms with Crippen molar-refractivity contribution in [2.24, 2.45) is 0 Å². The number of rotatable bonds is 5.